The minimum absolute atomic E-state index is 0.174. The maximum Gasteiger partial charge on any atom is 0.124 e. The first-order valence-corrected chi connectivity index (χ1v) is 7.74. The van der Waals surface area contributed by atoms with E-state index in [-0.39, 0.29) is 5.82 Å². The van der Waals surface area contributed by atoms with Gasteiger partial charge in [0, 0.05) is 24.1 Å². The number of nitrogens with zero attached hydrogens (tertiary/aromatic N) is 1. The molecule has 0 aliphatic carbocycles. The number of halogens is 2. The fourth-order valence-corrected chi connectivity index (χ4v) is 3.35. The quantitative estimate of drug-likeness (QED) is 0.796. The lowest BCUT2D eigenvalue weighted by atomic mass is 10.0. The summed E-state index contributed by atoms with van der Waals surface area (Å²) in [5, 5.41) is 0. The Hall–Kier alpha value is -1.19. The largest absolute Gasteiger partial charge is 0.298 e. The summed E-state index contributed by atoms with van der Waals surface area (Å²) in [5.74, 6) is -0.174. The fourth-order valence-electron chi connectivity index (χ4n) is 2.83. The molecule has 0 aromatic heterocycles. The molecule has 0 fully saturated rings. The monoisotopic (exact) mass is 333 g/mol. The van der Waals surface area contributed by atoms with Gasteiger partial charge in [-0.25, -0.2) is 4.39 Å². The van der Waals surface area contributed by atoms with Crippen LogP contribution in [0.15, 0.2) is 46.9 Å². The maximum absolute atomic E-state index is 13.4. The molecule has 0 saturated heterocycles. The maximum atomic E-state index is 13.4. The molecule has 1 nitrogen and oxygen atoms in total. The molecule has 1 heterocycles. The van der Waals surface area contributed by atoms with E-state index in [0.29, 0.717) is 0 Å². The second-order valence-electron chi connectivity index (χ2n) is 5.32. The van der Waals surface area contributed by atoms with Crippen molar-refractivity contribution < 1.29 is 4.39 Å². The van der Waals surface area contributed by atoms with Crippen molar-refractivity contribution in [3.05, 3.63) is 69.4 Å². The van der Waals surface area contributed by atoms with E-state index in [0.717, 1.165) is 42.5 Å². The standard InChI is InChI=1S/C17H17BrFN/c18-16-9-13(10-17(19)11-16)12-20-7-5-14-3-1-2-4-15(14)6-8-20/h1-4,9-11H,5-8,12H2. The van der Waals surface area contributed by atoms with Crippen molar-refractivity contribution in [2.24, 2.45) is 0 Å². The molecule has 3 heteroatoms. The molecule has 0 unspecified atom stereocenters. The summed E-state index contributed by atoms with van der Waals surface area (Å²) in [5.41, 5.74) is 3.94. The van der Waals surface area contributed by atoms with Crippen LogP contribution in [-0.2, 0) is 19.4 Å². The Morgan fingerprint density at radius 3 is 2.25 bits per heavy atom. The minimum Gasteiger partial charge on any atom is -0.298 e. The average Bonchev–Trinajstić information content (AvgIpc) is 2.61. The van der Waals surface area contributed by atoms with E-state index in [9.17, 15) is 4.39 Å². The van der Waals surface area contributed by atoms with E-state index >= 15 is 0 Å². The van der Waals surface area contributed by atoms with Crippen molar-refractivity contribution in [3.63, 3.8) is 0 Å². The van der Waals surface area contributed by atoms with E-state index in [1.54, 1.807) is 6.07 Å². The van der Waals surface area contributed by atoms with Crippen LogP contribution in [-0.4, -0.2) is 18.0 Å². The Balaban J connectivity index is 1.71. The molecule has 2 aromatic rings. The lowest BCUT2D eigenvalue weighted by Crippen LogP contribution is -2.26. The number of fused-ring (bicyclic) bond motifs is 1. The molecule has 2 aromatic carbocycles. The van der Waals surface area contributed by atoms with Gasteiger partial charge in [0.1, 0.15) is 5.82 Å². The van der Waals surface area contributed by atoms with Crippen molar-refractivity contribution in [3.8, 4) is 0 Å². The molecule has 0 atom stereocenters. The molecule has 3 rings (SSSR count). The van der Waals surface area contributed by atoms with Crippen molar-refractivity contribution >= 4 is 15.9 Å². The lowest BCUT2D eigenvalue weighted by Gasteiger charge is -2.20. The fraction of sp³-hybridized carbons (Fsp3) is 0.294. The molecule has 20 heavy (non-hydrogen) atoms. The van der Waals surface area contributed by atoms with Crippen LogP contribution in [0.25, 0.3) is 0 Å². The molecule has 0 amide bonds. The Morgan fingerprint density at radius 1 is 1.00 bits per heavy atom. The average molecular weight is 334 g/mol. The number of rotatable bonds is 2. The molecule has 104 valence electrons. The zero-order valence-corrected chi connectivity index (χ0v) is 12.9. The normalized spacial score (nSPS) is 15.7. The number of hydrogen-bond acceptors (Lipinski definition) is 1. The highest BCUT2D eigenvalue weighted by Crippen LogP contribution is 2.19. The summed E-state index contributed by atoms with van der Waals surface area (Å²) in [6.45, 7) is 2.88. The van der Waals surface area contributed by atoms with Crippen LogP contribution in [0.1, 0.15) is 16.7 Å². The summed E-state index contributed by atoms with van der Waals surface area (Å²) in [7, 11) is 0. The third kappa shape index (κ3) is 3.28. The molecular weight excluding hydrogens is 317 g/mol. The van der Waals surface area contributed by atoms with Gasteiger partial charge in [-0.05, 0) is 47.7 Å². The van der Waals surface area contributed by atoms with E-state index in [4.69, 9.17) is 0 Å². The van der Waals surface area contributed by atoms with Crippen LogP contribution >= 0.6 is 15.9 Å². The molecule has 0 saturated carbocycles. The van der Waals surface area contributed by atoms with E-state index in [1.165, 1.54) is 17.2 Å². The molecule has 0 bridgehead atoms. The predicted octanol–water partition coefficient (Wildman–Crippen LogP) is 4.19. The van der Waals surface area contributed by atoms with Gasteiger partial charge in [-0.15, -0.1) is 0 Å². The summed E-state index contributed by atoms with van der Waals surface area (Å²) in [6, 6.07) is 13.8. The van der Waals surface area contributed by atoms with Gasteiger partial charge in [-0.2, -0.15) is 0 Å². The lowest BCUT2D eigenvalue weighted by molar-refractivity contribution is 0.279. The second kappa shape index (κ2) is 6.06. The summed E-state index contributed by atoms with van der Waals surface area (Å²) in [4.78, 5) is 2.40. The molecular formula is C17H17BrFN. The van der Waals surface area contributed by atoms with Gasteiger partial charge in [0.05, 0.1) is 0 Å². The van der Waals surface area contributed by atoms with Crippen LogP contribution in [0.5, 0.6) is 0 Å². The first-order chi connectivity index (χ1) is 9.70. The van der Waals surface area contributed by atoms with Gasteiger partial charge in [0.25, 0.3) is 0 Å². The first kappa shape index (κ1) is 13.8. The molecule has 0 spiro atoms. The van der Waals surface area contributed by atoms with E-state index < -0.39 is 0 Å². The van der Waals surface area contributed by atoms with Crippen LogP contribution < -0.4 is 0 Å². The van der Waals surface area contributed by atoms with Gasteiger partial charge < -0.3 is 0 Å². The smallest absolute Gasteiger partial charge is 0.124 e. The van der Waals surface area contributed by atoms with Crippen LogP contribution in [0, 0.1) is 5.82 Å². The Bertz CT molecular complexity index is 564. The van der Waals surface area contributed by atoms with Crippen molar-refractivity contribution in [2.75, 3.05) is 13.1 Å². The van der Waals surface area contributed by atoms with Gasteiger partial charge in [0.2, 0.25) is 0 Å². The van der Waals surface area contributed by atoms with Gasteiger partial charge in [-0.3, -0.25) is 4.90 Å². The van der Waals surface area contributed by atoms with Crippen LogP contribution in [0.3, 0.4) is 0 Å². The first-order valence-electron chi connectivity index (χ1n) is 6.95. The summed E-state index contributed by atoms with van der Waals surface area (Å²) >= 11 is 3.36. The molecule has 0 N–H and O–H groups in total. The third-order valence-corrected chi connectivity index (χ3v) is 4.30. The number of hydrogen-bond donors (Lipinski definition) is 0. The van der Waals surface area contributed by atoms with Gasteiger partial charge in [0.15, 0.2) is 0 Å². The predicted molar refractivity (Wildman–Crippen MR) is 83.2 cm³/mol. The number of benzene rings is 2. The topological polar surface area (TPSA) is 3.24 Å². The SMILES string of the molecule is Fc1cc(Br)cc(CN2CCc3ccccc3CC2)c1. The summed E-state index contributed by atoms with van der Waals surface area (Å²) in [6.07, 6.45) is 2.15. The van der Waals surface area contributed by atoms with Crippen molar-refractivity contribution in [1.29, 1.82) is 0 Å². The molecule has 1 aliphatic heterocycles. The van der Waals surface area contributed by atoms with Gasteiger partial charge in [-0.1, -0.05) is 40.2 Å². The van der Waals surface area contributed by atoms with Crippen LogP contribution in [0.4, 0.5) is 4.39 Å². The van der Waals surface area contributed by atoms with E-state index in [1.807, 2.05) is 6.07 Å². The highest BCUT2D eigenvalue weighted by Gasteiger charge is 2.14. The van der Waals surface area contributed by atoms with Crippen molar-refractivity contribution in [2.45, 2.75) is 19.4 Å². The zero-order valence-electron chi connectivity index (χ0n) is 11.3. The Kier molecular flexibility index (Phi) is 4.18. The summed E-state index contributed by atoms with van der Waals surface area (Å²) < 4.78 is 14.2. The second-order valence-corrected chi connectivity index (χ2v) is 6.24. The Labute approximate surface area is 127 Å². The minimum atomic E-state index is -0.174. The zero-order chi connectivity index (χ0) is 13.9. The van der Waals surface area contributed by atoms with Crippen molar-refractivity contribution in [1.82, 2.24) is 4.90 Å². The molecule has 0 radical (unpaired) electrons. The Morgan fingerprint density at radius 2 is 1.65 bits per heavy atom. The third-order valence-electron chi connectivity index (χ3n) is 3.84. The van der Waals surface area contributed by atoms with E-state index in [2.05, 4.69) is 45.1 Å². The highest BCUT2D eigenvalue weighted by atomic mass is 79.9. The molecule has 1 aliphatic rings. The van der Waals surface area contributed by atoms with Crippen LogP contribution in [0.2, 0.25) is 0 Å². The van der Waals surface area contributed by atoms with Gasteiger partial charge >= 0.3 is 0 Å². The highest BCUT2D eigenvalue weighted by molar-refractivity contribution is 9.10.